The van der Waals surface area contributed by atoms with Crippen molar-refractivity contribution in [2.75, 3.05) is 11.9 Å². The van der Waals surface area contributed by atoms with Crippen LogP contribution in [0, 0.1) is 10.1 Å². The van der Waals surface area contributed by atoms with Crippen LogP contribution in [0.2, 0.25) is 0 Å². The Hall–Kier alpha value is -3.92. The van der Waals surface area contributed by atoms with Gasteiger partial charge in [-0.1, -0.05) is 13.3 Å². The Morgan fingerprint density at radius 2 is 2.10 bits per heavy atom. The zero-order chi connectivity index (χ0) is 22.5. The molecule has 0 aliphatic carbocycles. The number of benzene rings is 2. The standard InChI is InChI=1S/C21H20N2O8/c1-2-3-8-30-21-16(11-22-12-4-6-14(20(26)27)17(24)9-12)19(25)15-10-13(23(28)29)5-7-18(15)31-21/h4-7,9-11,21-22,24H,2-3,8H2,1H3,(H,26,27)/b16-11-. The average Bonchev–Trinajstić information content (AvgIpc) is 2.73. The van der Waals surface area contributed by atoms with E-state index in [2.05, 4.69) is 5.32 Å². The summed E-state index contributed by atoms with van der Waals surface area (Å²) >= 11 is 0. The summed E-state index contributed by atoms with van der Waals surface area (Å²) in [6.45, 7) is 2.32. The zero-order valence-electron chi connectivity index (χ0n) is 16.5. The fraction of sp³-hybridized carbons (Fsp3) is 0.238. The monoisotopic (exact) mass is 428 g/mol. The van der Waals surface area contributed by atoms with Gasteiger partial charge in [0.15, 0.2) is 0 Å². The van der Waals surface area contributed by atoms with Crippen LogP contribution >= 0.6 is 0 Å². The van der Waals surface area contributed by atoms with Gasteiger partial charge in [0.2, 0.25) is 12.1 Å². The number of nitro benzene ring substituents is 1. The van der Waals surface area contributed by atoms with E-state index in [1.807, 2.05) is 6.92 Å². The molecule has 0 amide bonds. The van der Waals surface area contributed by atoms with E-state index in [4.69, 9.17) is 14.6 Å². The van der Waals surface area contributed by atoms with Crippen LogP contribution in [0.25, 0.3) is 0 Å². The van der Waals surface area contributed by atoms with Crippen LogP contribution < -0.4 is 10.1 Å². The van der Waals surface area contributed by atoms with Crippen LogP contribution in [-0.4, -0.2) is 39.8 Å². The predicted molar refractivity (Wildman–Crippen MR) is 109 cm³/mol. The van der Waals surface area contributed by atoms with Crippen LogP contribution in [0.1, 0.15) is 40.5 Å². The first-order chi connectivity index (χ1) is 14.8. The van der Waals surface area contributed by atoms with Crippen LogP contribution in [0.3, 0.4) is 0 Å². The van der Waals surface area contributed by atoms with Crippen LogP contribution in [-0.2, 0) is 4.74 Å². The molecule has 3 rings (SSSR count). The molecule has 10 heteroatoms. The number of ketones is 1. The van der Waals surface area contributed by atoms with Gasteiger partial charge in [-0.25, -0.2) is 4.79 Å². The van der Waals surface area contributed by atoms with Crippen molar-refractivity contribution in [3.63, 3.8) is 0 Å². The molecule has 0 bridgehead atoms. The molecule has 1 unspecified atom stereocenters. The van der Waals surface area contributed by atoms with Crippen molar-refractivity contribution >= 4 is 23.1 Å². The van der Waals surface area contributed by atoms with Crippen molar-refractivity contribution in [3.8, 4) is 11.5 Å². The first-order valence-electron chi connectivity index (χ1n) is 9.46. The van der Waals surface area contributed by atoms with Crippen molar-refractivity contribution in [2.45, 2.75) is 26.1 Å². The third-order valence-electron chi connectivity index (χ3n) is 4.56. The van der Waals surface area contributed by atoms with Gasteiger partial charge in [0.05, 0.1) is 22.7 Å². The maximum Gasteiger partial charge on any atom is 0.339 e. The number of carbonyl (C=O) groups excluding carboxylic acids is 1. The smallest absolute Gasteiger partial charge is 0.339 e. The molecule has 0 radical (unpaired) electrons. The summed E-state index contributed by atoms with van der Waals surface area (Å²) in [6.07, 6.45) is 1.89. The maximum atomic E-state index is 13.0. The summed E-state index contributed by atoms with van der Waals surface area (Å²) in [5, 5.41) is 32.7. The number of aromatic carboxylic acids is 1. The summed E-state index contributed by atoms with van der Waals surface area (Å²) in [4.78, 5) is 34.5. The highest BCUT2D eigenvalue weighted by Crippen LogP contribution is 2.34. The molecule has 1 heterocycles. The lowest BCUT2D eigenvalue weighted by Crippen LogP contribution is -2.33. The van der Waals surface area contributed by atoms with Crippen molar-refractivity contribution in [2.24, 2.45) is 0 Å². The van der Waals surface area contributed by atoms with E-state index in [-0.39, 0.29) is 28.1 Å². The minimum atomic E-state index is -1.28. The van der Waals surface area contributed by atoms with Gasteiger partial charge in [-0.2, -0.15) is 0 Å². The van der Waals surface area contributed by atoms with Gasteiger partial charge in [0.1, 0.15) is 17.1 Å². The molecule has 2 aromatic rings. The molecular formula is C21H20N2O8. The lowest BCUT2D eigenvalue weighted by Gasteiger charge is -2.27. The number of nitrogens with zero attached hydrogens (tertiary/aromatic N) is 1. The minimum Gasteiger partial charge on any atom is -0.507 e. The molecule has 3 N–H and O–H groups in total. The summed E-state index contributed by atoms with van der Waals surface area (Å²) in [5.74, 6) is -2.05. The number of anilines is 1. The normalized spacial score (nSPS) is 16.5. The first kappa shape index (κ1) is 21.8. The summed E-state index contributed by atoms with van der Waals surface area (Å²) < 4.78 is 11.4. The molecule has 0 saturated carbocycles. The number of Topliss-reactive ketones (excluding diaryl/α,β-unsaturated/α-hetero) is 1. The van der Waals surface area contributed by atoms with Crippen molar-refractivity contribution in [3.05, 3.63) is 69.4 Å². The number of hydrogen-bond acceptors (Lipinski definition) is 8. The SMILES string of the molecule is CCCCOC1Oc2ccc([N+](=O)[O-])cc2C(=O)/C1=C/Nc1ccc(C(=O)O)c(O)c1. The number of carbonyl (C=O) groups is 2. The molecule has 31 heavy (non-hydrogen) atoms. The quantitative estimate of drug-likeness (QED) is 0.247. The third-order valence-corrected chi connectivity index (χ3v) is 4.56. The Labute approximate surface area is 176 Å². The Balaban J connectivity index is 1.92. The number of fused-ring (bicyclic) bond motifs is 1. The van der Waals surface area contributed by atoms with Crippen molar-refractivity contribution in [1.82, 2.24) is 0 Å². The second-order valence-corrected chi connectivity index (χ2v) is 6.72. The second-order valence-electron chi connectivity index (χ2n) is 6.72. The molecule has 0 spiro atoms. The number of non-ortho nitro benzene ring substituents is 1. The fourth-order valence-electron chi connectivity index (χ4n) is 2.91. The number of aromatic hydroxyl groups is 1. The van der Waals surface area contributed by atoms with Crippen molar-refractivity contribution < 1.29 is 34.2 Å². The van der Waals surface area contributed by atoms with E-state index >= 15 is 0 Å². The van der Waals surface area contributed by atoms with Gasteiger partial charge in [-0.05, 0) is 24.6 Å². The number of nitro groups is 1. The number of carboxylic acid groups (broad SMARTS) is 1. The second kappa shape index (κ2) is 9.26. The highest BCUT2D eigenvalue weighted by atomic mass is 16.7. The topological polar surface area (TPSA) is 148 Å². The summed E-state index contributed by atoms with van der Waals surface area (Å²) in [7, 11) is 0. The predicted octanol–water partition coefficient (Wildman–Crippen LogP) is 3.71. The zero-order valence-corrected chi connectivity index (χ0v) is 16.5. The fourth-order valence-corrected chi connectivity index (χ4v) is 2.91. The lowest BCUT2D eigenvalue weighted by atomic mass is 9.99. The van der Waals surface area contributed by atoms with Gasteiger partial charge >= 0.3 is 5.97 Å². The molecule has 2 aromatic carbocycles. The minimum absolute atomic E-state index is 0.0293. The molecule has 10 nitrogen and oxygen atoms in total. The van der Waals surface area contributed by atoms with Gasteiger partial charge in [0.25, 0.3) is 5.69 Å². The van der Waals surface area contributed by atoms with Crippen molar-refractivity contribution in [1.29, 1.82) is 0 Å². The number of carboxylic acids is 1. The number of phenols is 1. The molecule has 1 aliphatic rings. The number of nitrogens with one attached hydrogen (secondary N) is 1. The van der Waals surface area contributed by atoms with E-state index in [0.717, 1.165) is 18.9 Å². The maximum absolute atomic E-state index is 13.0. The van der Waals surface area contributed by atoms with Gasteiger partial charge in [-0.15, -0.1) is 0 Å². The highest BCUT2D eigenvalue weighted by molar-refractivity contribution is 6.12. The van der Waals surface area contributed by atoms with Crippen LogP contribution in [0.5, 0.6) is 11.5 Å². The van der Waals surface area contributed by atoms with E-state index in [1.54, 1.807) is 0 Å². The van der Waals surface area contributed by atoms with Crippen LogP contribution in [0.15, 0.2) is 48.2 Å². The molecular weight excluding hydrogens is 408 g/mol. The molecule has 1 aliphatic heterocycles. The molecule has 162 valence electrons. The Bertz CT molecular complexity index is 1060. The number of rotatable bonds is 8. The van der Waals surface area contributed by atoms with Gasteiger partial charge < -0.3 is 25.0 Å². The van der Waals surface area contributed by atoms with E-state index in [9.17, 15) is 24.8 Å². The summed E-state index contributed by atoms with van der Waals surface area (Å²) in [5.41, 5.74) is -0.0904. The number of ether oxygens (including phenoxy) is 2. The van der Waals surface area contributed by atoms with E-state index < -0.39 is 28.7 Å². The third kappa shape index (κ3) is 4.81. The molecule has 0 fully saturated rings. The first-order valence-corrected chi connectivity index (χ1v) is 9.46. The average molecular weight is 428 g/mol. The van der Waals surface area contributed by atoms with Crippen LogP contribution in [0.4, 0.5) is 11.4 Å². The molecule has 0 aromatic heterocycles. The molecule has 0 saturated heterocycles. The Morgan fingerprint density at radius 1 is 1.32 bits per heavy atom. The Morgan fingerprint density at radius 3 is 2.74 bits per heavy atom. The Kier molecular flexibility index (Phi) is 6.51. The molecule has 1 atom stereocenters. The highest BCUT2D eigenvalue weighted by Gasteiger charge is 2.34. The largest absolute Gasteiger partial charge is 0.507 e. The van der Waals surface area contributed by atoms with Gasteiger partial charge in [0, 0.05) is 30.1 Å². The number of unbranched alkanes of at least 4 members (excludes halogenated alkanes) is 1. The van der Waals surface area contributed by atoms with Gasteiger partial charge in [-0.3, -0.25) is 14.9 Å². The van der Waals surface area contributed by atoms with E-state index in [0.29, 0.717) is 12.3 Å². The summed E-state index contributed by atoms with van der Waals surface area (Å²) in [6, 6.07) is 7.57. The lowest BCUT2D eigenvalue weighted by molar-refractivity contribution is -0.384. The van der Waals surface area contributed by atoms with E-state index in [1.165, 1.54) is 36.5 Å². The number of hydrogen-bond donors (Lipinski definition) is 3.